The molecule has 2 aromatic carbocycles. The number of hydrogen-bond donors (Lipinski definition) is 3. The van der Waals surface area contributed by atoms with Gasteiger partial charge in [-0.25, -0.2) is 5.48 Å². The van der Waals surface area contributed by atoms with E-state index in [9.17, 15) is 9.59 Å². The molecule has 1 aliphatic rings. The topological polar surface area (TPSA) is 78.4 Å². The van der Waals surface area contributed by atoms with E-state index < -0.39 is 11.3 Å². The Morgan fingerprint density at radius 2 is 1.52 bits per heavy atom. The number of carbonyl (C=O) groups is 2. The Morgan fingerprint density at radius 3 is 2.12 bits per heavy atom. The maximum absolute atomic E-state index is 12.8. The number of amides is 2. The van der Waals surface area contributed by atoms with Gasteiger partial charge in [0.05, 0.1) is 0 Å². The van der Waals surface area contributed by atoms with Gasteiger partial charge in [0.25, 0.3) is 5.91 Å². The van der Waals surface area contributed by atoms with Crippen molar-refractivity contribution in [2.24, 2.45) is 5.41 Å². The van der Waals surface area contributed by atoms with E-state index >= 15 is 0 Å². The molecule has 5 nitrogen and oxygen atoms in total. The zero-order valence-electron chi connectivity index (χ0n) is 14.0. The second-order valence-electron chi connectivity index (χ2n) is 6.49. The van der Waals surface area contributed by atoms with Crippen LogP contribution in [0.2, 0.25) is 0 Å². The average Bonchev–Trinajstić information content (AvgIpc) is 3.06. The summed E-state index contributed by atoms with van der Waals surface area (Å²) in [5.74, 6) is -0.979. The van der Waals surface area contributed by atoms with E-state index in [0.717, 1.165) is 24.0 Å². The summed E-state index contributed by atoms with van der Waals surface area (Å²) >= 11 is 0. The number of carbonyl (C=O) groups excluding carboxylic acids is 2. The van der Waals surface area contributed by atoms with E-state index in [2.05, 4.69) is 17.4 Å². The Hall–Kier alpha value is -2.66. The molecule has 0 unspecified atom stereocenters. The number of hydroxylamine groups is 1. The number of benzene rings is 2. The highest BCUT2D eigenvalue weighted by atomic mass is 16.5. The van der Waals surface area contributed by atoms with E-state index in [1.807, 2.05) is 42.5 Å². The minimum absolute atomic E-state index is 0.306. The van der Waals surface area contributed by atoms with Crippen LogP contribution in [0.3, 0.4) is 0 Å². The molecule has 0 saturated heterocycles. The summed E-state index contributed by atoms with van der Waals surface area (Å²) in [4.78, 5) is 25.0. The van der Waals surface area contributed by atoms with E-state index in [0.29, 0.717) is 19.4 Å². The van der Waals surface area contributed by atoms with E-state index in [1.165, 1.54) is 5.56 Å². The maximum atomic E-state index is 12.8. The smallest absolute Gasteiger partial charge is 0.259 e. The van der Waals surface area contributed by atoms with E-state index in [1.54, 1.807) is 5.48 Å². The summed E-state index contributed by atoms with van der Waals surface area (Å²) in [6.07, 6.45) is 2.26. The highest BCUT2D eigenvalue weighted by Crippen LogP contribution is 2.37. The van der Waals surface area contributed by atoms with Crippen molar-refractivity contribution in [2.45, 2.75) is 25.7 Å². The van der Waals surface area contributed by atoms with Gasteiger partial charge in [-0.05, 0) is 42.4 Å². The molecule has 3 N–H and O–H groups in total. The molecule has 0 aromatic heterocycles. The minimum atomic E-state index is -1.27. The first kappa shape index (κ1) is 17.2. The van der Waals surface area contributed by atoms with Gasteiger partial charge in [-0.2, -0.15) is 0 Å². The van der Waals surface area contributed by atoms with Gasteiger partial charge in [-0.15, -0.1) is 0 Å². The summed E-state index contributed by atoms with van der Waals surface area (Å²) in [6, 6.07) is 17.7. The highest BCUT2D eigenvalue weighted by Gasteiger charge is 2.49. The Labute approximate surface area is 147 Å². The lowest BCUT2D eigenvalue weighted by Gasteiger charge is -2.25. The van der Waals surface area contributed by atoms with Gasteiger partial charge in [0.1, 0.15) is 5.41 Å². The van der Waals surface area contributed by atoms with Crippen LogP contribution in [0.1, 0.15) is 23.1 Å². The maximum Gasteiger partial charge on any atom is 0.259 e. The molecule has 0 atom stereocenters. The Morgan fingerprint density at radius 1 is 0.920 bits per heavy atom. The van der Waals surface area contributed by atoms with Crippen LogP contribution in [0.25, 0.3) is 0 Å². The number of nitrogens with one attached hydrogen (secondary N) is 2. The third kappa shape index (κ3) is 3.56. The van der Waals surface area contributed by atoms with E-state index in [4.69, 9.17) is 5.21 Å². The van der Waals surface area contributed by atoms with Crippen molar-refractivity contribution in [3.63, 3.8) is 0 Å². The third-order valence-corrected chi connectivity index (χ3v) is 4.84. The van der Waals surface area contributed by atoms with Gasteiger partial charge in [0, 0.05) is 6.54 Å². The molecule has 2 amide bonds. The van der Waals surface area contributed by atoms with Gasteiger partial charge in [0.15, 0.2) is 0 Å². The molecular weight excluding hydrogens is 316 g/mol. The first-order chi connectivity index (χ1) is 12.2. The van der Waals surface area contributed by atoms with Crippen molar-refractivity contribution >= 4 is 11.8 Å². The Balaban J connectivity index is 1.62. The van der Waals surface area contributed by atoms with Crippen molar-refractivity contribution in [2.75, 3.05) is 6.54 Å². The summed E-state index contributed by atoms with van der Waals surface area (Å²) in [5.41, 5.74) is 3.58. The van der Waals surface area contributed by atoms with Gasteiger partial charge < -0.3 is 5.32 Å². The van der Waals surface area contributed by atoms with Gasteiger partial charge >= 0.3 is 0 Å². The number of fused-ring (bicyclic) bond motifs is 1. The lowest BCUT2D eigenvalue weighted by molar-refractivity contribution is -0.148. The first-order valence-electron chi connectivity index (χ1n) is 8.49. The normalized spacial score (nSPS) is 14.6. The molecule has 25 heavy (non-hydrogen) atoms. The van der Waals surface area contributed by atoms with Crippen molar-refractivity contribution < 1.29 is 14.8 Å². The van der Waals surface area contributed by atoms with E-state index in [-0.39, 0.29) is 5.91 Å². The average molecular weight is 338 g/mol. The second-order valence-corrected chi connectivity index (χ2v) is 6.49. The fourth-order valence-electron chi connectivity index (χ4n) is 3.45. The lowest BCUT2D eigenvalue weighted by atomic mass is 9.82. The minimum Gasteiger partial charge on any atom is -0.355 e. The molecule has 130 valence electrons. The van der Waals surface area contributed by atoms with Crippen LogP contribution in [0, 0.1) is 5.41 Å². The molecule has 5 heteroatoms. The molecule has 2 aromatic rings. The zero-order chi connectivity index (χ0) is 17.7. The van der Waals surface area contributed by atoms with Crippen LogP contribution in [0.4, 0.5) is 0 Å². The fourth-order valence-corrected chi connectivity index (χ4v) is 3.45. The van der Waals surface area contributed by atoms with Gasteiger partial charge in [-0.1, -0.05) is 54.6 Å². The third-order valence-electron chi connectivity index (χ3n) is 4.84. The van der Waals surface area contributed by atoms with Crippen LogP contribution >= 0.6 is 0 Å². The molecule has 3 rings (SSSR count). The standard InChI is InChI=1S/C20H22N2O3/c23-18(21-12-6-9-15-7-2-1-3-8-15)20(19(24)22-25)13-16-10-4-5-11-17(16)14-20/h1-5,7-8,10-11,25H,6,9,12-14H2,(H,21,23)(H,22,24). The summed E-state index contributed by atoms with van der Waals surface area (Å²) in [5, 5.41) is 12.0. The molecule has 0 spiro atoms. The number of aryl methyl sites for hydroxylation is 1. The highest BCUT2D eigenvalue weighted by molar-refractivity contribution is 6.06. The molecular formula is C20H22N2O3. The van der Waals surface area contributed by atoms with Crippen molar-refractivity contribution in [3.8, 4) is 0 Å². The second kappa shape index (κ2) is 7.49. The predicted molar refractivity (Wildman–Crippen MR) is 94.0 cm³/mol. The summed E-state index contributed by atoms with van der Waals surface area (Å²) in [7, 11) is 0. The SMILES string of the molecule is O=C(NO)C1(C(=O)NCCCc2ccccc2)Cc2ccccc2C1. The van der Waals surface area contributed by atoms with Crippen molar-refractivity contribution in [1.29, 1.82) is 0 Å². The molecule has 0 bridgehead atoms. The monoisotopic (exact) mass is 338 g/mol. The van der Waals surface area contributed by atoms with Crippen LogP contribution < -0.4 is 10.8 Å². The molecule has 0 heterocycles. The predicted octanol–water partition coefficient (Wildman–Crippen LogP) is 2.03. The first-order valence-corrected chi connectivity index (χ1v) is 8.49. The van der Waals surface area contributed by atoms with Crippen molar-refractivity contribution in [3.05, 3.63) is 71.3 Å². The summed E-state index contributed by atoms with van der Waals surface area (Å²) < 4.78 is 0. The van der Waals surface area contributed by atoms with Gasteiger partial charge in [-0.3, -0.25) is 14.8 Å². The fraction of sp³-hybridized carbons (Fsp3) is 0.300. The quantitative estimate of drug-likeness (QED) is 0.326. The molecule has 1 aliphatic carbocycles. The zero-order valence-corrected chi connectivity index (χ0v) is 14.0. The largest absolute Gasteiger partial charge is 0.355 e. The Bertz CT molecular complexity index is 734. The van der Waals surface area contributed by atoms with Crippen LogP contribution in [-0.2, 0) is 28.9 Å². The van der Waals surface area contributed by atoms with Crippen LogP contribution in [0.15, 0.2) is 54.6 Å². The number of hydrogen-bond acceptors (Lipinski definition) is 3. The molecule has 0 radical (unpaired) electrons. The number of rotatable bonds is 6. The van der Waals surface area contributed by atoms with Crippen LogP contribution in [0.5, 0.6) is 0 Å². The van der Waals surface area contributed by atoms with Crippen molar-refractivity contribution in [1.82, 2.24) is 10.8 Å². The molecule has 0 saturated carbocycles. The molecule has 0 fully saturated rings. The molecule has 0 aliphatic heterocycles. The van der Waals surface area contributed by atoms with Crippen LogP contribution in [-0.4, -0.2) is 23.6 Å². The Kier molecular flexibility index (Phi) is 5.14. The van der Waals surface area contributed by atoms with Gasteiger partial charge in [0.2, 0.25) is 5.91 Å². The lowest BCUT2D eigenvalue weighted by Crippen LogP contribution is -2.51. The summed E-state index contributed by atoms with van der Waals surface area (Å²) in [6.45, 7) is 0.491.